The molecule has 2 aliphatic carbocycles. The van der Waals surface area contributed by atoms with E-state index in [1.807, 2.05) is 0 Å². The molecule has 1 N–H and O–H groups in total. The van der Waals surface area contributed by atoms with Crippen LogP contribution in [0.15, 0.2) is 0 Å². The second-order valence-electron chi connectivity index (χ2n) is 7.07. The fourth-order valence-corrected chi connectivity index (χ4v) is 3.36. The van der Waals surface area contributed by atoms with Crippen LogP contribution in [0.2, 0.25) is 0 Å². The maximum Gasteiger partial charge on any atom is 0.0733 e. The van der Waals surface area contributed by atoms with Crippen LogP contribution >= 0.6 is 0 Å². The van der Waals surface area contributed by atoms with Crippen LogP contribution < -0.4 is 5.32 Å². The first-order valence-electron chi connectivity index (χ1n) is 7.96. The molecule has 106 valence electrons. The molecule has 2 atom stereocenters. The highest BCUT2D eigenvalue weighted by atomic mass is 16.5. The van der Waals surface area contributed by atoms with E-state index < -0.39 is 0 Å². The molecule has 0 amide bonds. The van der Waals surface area contributed by atoms with Crippen molar-refractivity contribution in [2.24, 2.45) is 11.3 Å². The SMILES string of the molecule is CCNC1CCC(C)(C)CC1OCCC1CCC1. The maximum atomic E-state index is 6.23. The van der Waals surface area contributed by atoms with E-state index in [0.717, 1.165) is 19.1 Å². The van der Waals surface area contributed by atoms with Crippen molar-refractivity contribution in [2.75, 3.05) is 13.2 Å². The first-order valence-corrected chi connectivity index (χ1v) is 7.96. The molecule has 0 bridgehead atoms. The molecule has 2 rings (SSSR count). The van der Waals surface area contributed by atoms with Crippen molar-refractivity contribution in [1.82, 2.24) is 5.32 Å². The first kappa shape index (κ1) is 14.3. The van der Waals surface area contributed by atoms with Gasteiger partial charge >= 0.3 is 0 Å². The van der Waals surface area contributed by atoms with Crippen LogP contribution in [0.1, 0.15) is 65.7 Å². The molecule has 2 saturated carbocycles. The number of hydrogen-bond donors (Lipinski definition) is 1. The third-order valence-electron chi connectivity index (χ3n) is 4.88. The zero-order valence-corrected chi connectivity index (χ0v) is 12.5. The molecule has 0 radical (unpaired) electrons. The Balaban J connectivity index is 1.76. The highest BCUT2D eigenvalue weighted by Crippen LogP contribution is 2.37. The van der Waals surface area contributed by atoms with E-state index in [1.165, 1.54) is 44.9 Å². The molecule has 2 aliphatic rings. The summed E-state index contributed by atoms with van der Waals surface area (Å²) in [6.07, 6.45) is 9.87. The predicted molar refractivity (Wildman–Crippen MR) is 76.8 cm³/mol. The topological polar surface area (TPSA) is 21.3 Å². The van der Waals surface area contributed by atoms with E-state index in [-0.39, 0.29) is 0 Å². The van der Waals surface area contributed by atoms with Gasteiger partial charge in [0.2, 0.25) is 0 Å². The van der Waals surface area contributed by atoms with Crippen LogP contribution in [0.4, 0.5) is 0 Å². The van der Waals surface area contributed by atoms with Gasteiger partial charge in [0.1, 0.15) is 0 Å². The zero-order chi connectivity index (χ0) is 13.0. The first-order chi connectivity index (χ1) is 8.61. The Morgan fingerprint density at radius 2 is 2.00 bits per heavy atom. The summed E-state index contributed by atoms with van der Waals surface area (Å²) in [7, 11) is 0. The van der Waals surface area contributed by atoms with Crippen molar-refractivity contribution in [3.8, 4) is 0 Å². The van der Waals surface area contributed by atoms with Gasteiger partial charge in [0.15, 0.2) is 0 Å². The van der Waals surface area contributed by atoms with Gasteiger partial charge in [-0.05, 0) is 43.6 Å². The van der Waals surface area contributed by atoms with Crippen LogP contribution in [0.25, 0.3) is 0 Å². The largest absolute Gasteiger partial charge is 0.377 e. The summed E-state index contributed by atoms with van der Waals surface area (Å²) in [5.74, 6) is 0.971. The Labute approximate surface area is 113 Å². The summed E-state index contributed by atoms with van der Waals surface area (Å²) in [6.45, 7) is 9.01. The lowest BCUT2D eigenvalue weighted by atomic mass is 9.74. The predicted octanol–water partition coefficient (Wildman–Crippen LogP) is 3.75. The van der Waals surface area contributed by atoms with Gasteiger partial charge in [-0.15, -0.1) is 0 Å². The van der Waals surface area contributed by atoms with Crippen LogP contribution in [-0.2, 0) is 4.74 Å². The molecule has 2 nitrogen and oxygen atoms in total. The lowest BCUT2D eigenvalue weighted by Gasteiger charge is -2.41. The molecule has 0 heterocycles. The van der Waals surface area contributed by atoms with Gasteiger partial charge in [-0.1, -0.05) is 40.0 Å². The van der Waals surface area contributed by atoms with Crippen LogP contribution in [0.3, 0.4) is 0 Å². The average molecular weight is 253 g/mol. The standard InChI is InChI=1S/C16H31NO/c1-4-17-14-8-10-16(2,3)12-15(14)18-11-9-13-6-5-7-13/h13-15,17H,4-12H2,1-3H3. The Hall–Kier alpha value is -0.0800. The molecule has 0 aliphatic heterocycles. The number of ether oxygens (including phenoxy) is 1. The summed E-state index contributed by atoms with van der Waals surface area (Å²) in [5.41, 5.74) is 0.465. The van der Waals surface area contributed by atoms with E-state index >= 15 is 0 Å². The average Bonchev–Trinajstić information content (AvgIpc) is 2.25. The van der Waals surface area contributed by atoms with E-state index in [4.69, 9.17) is 4.74 Å². The molecular weight excluding hydrogens is 222 g/mol. The molecule has 0 aromatic heterocycles. The van der Waals surface area contributed by atoms with Gasteiger partial charge in [0.05, 0.1) is 6.10 Å². The molecule has 0 spiro atoms. The summed E-state index contributed by atoms with van der Waals surface area (Å²) in [4.78, 5) is 0. The van der Waals surface area contributed by atoms with Crippen LogP contribution in [-0.4, -0.2) is 25.3 Å². The fourth-order valence-electron chi connectivity index (χ4n) is 3.36. The van der Waals surface area contributed by atoms with Gasteiger partial charge in [-0.3, -0.25) is 0 Å². The van der Waals surface area contributed by atoms with Crippen molar-refractivity contribution in [3.05, 3.63) is 0 Å². The van der Waals surface area contributed by atoms with Gasteiger partial charge in [-0.2, -0.15) is 0 Å². The van der Waals surface area contributed by atoms with Crippen molar-refractivity contribution < 1.29 is 4.74 Å². The third kappa shape index (κ3) is 3.96. The Kier molecular flexibility index (Phi) is 5.08. The van der Waals surface area contributed by atoms with Gasteiger partial charge in [-0.25, -0.2) is 0 Å². The van der Waals surface area contributed by atoms with Crippen molar-refractivity contribution >= 4 is 0 Å². The number of likely N-dealkylation sites (N-methyl/N-ethyl adjacent to an activating group) is 1. The lowest BCUT2D eigenvalue weighted by molar-refractivity contribution is -0.0346. The minimum absolute atomic E-state index is 0.439. The van der Waals surface area contributed by atoms with Crippen molar-refractivity contribution in [3.63, 3.8) is 0 Å². The molecule has 0 aromatic carbocycles. The molecule has 2 unspecified atom stereocenters. The smallest absolute Gasteiger partial charge is 0.0733 e. The van der Waals surface area contributed by atoms with E-state index in [1.54, 1.807) is 0 Å². The summed E-state index contributed by atoms with van der Waals surface area (Å²) in [6, 6.07) is 0.587. The van der Waals surface area contributed by atoms with E-state index in [9.17, 15) is 0 Å². The second-order valence-corrected chi connectivity index (χ2v) is 7.07. The molecule has 0 saturated heterocycles. The van der Waals surface area contributed by atoms with Crippen LogP contribution in [0.5, 0.6) is 0 Å². The highest BCUT2D eigenvalue weighted by Gasteiger charge is 2.35. The van der Waals surface area contributed by atoms with E-state index in [0.29, 0.717) is 17.6 Å². The Morgan fingerprint density at radius 1 is 1.22 bits per heavy atom. The van der Waals surface area contributed by atoms with Gasteiger partial charge in [0.25, 0.3) is 0 Å². The normalized spacial score (nSPS) is 32.2. The third-order valence-corrected chi connectivity index (χ3v) is 4.88. The lowest BCUT2D eigenvalue weighted by Crippen LogP contribution is -2.47. The zero-order valence-electron chi connectivity index (χ0n) is 12.5. The Bertz CT molecular complexity index is 247. The summed E-state index contributed by atoms with van der Waals surface area (Å²) >= 11 is 0. The minimum atomic E-state index is 0.439. The maximum absolute atomic E-state index is 6.23. The fraction of sp³-hybridized carbons (Fsp3) is 1.00. The van der Waals surface area contributed by atoms with E-state index in [2.05, 4.69) is 26.1 Å². The molecule has 0 aromatic rings. The monoisotopic (exact) mass is 253 g/mol. The van der Waals surface area contributed by atoms with Crippen molar-refractivity contribution in [2.45, 2.75) is 77.9 Å². The molecule has 2 heteroatoms. The quantitative estimate of drug-likeness (QED) is 0.778. The second kappa shape index (κ2) is 6.38. The van der Waals surface area contributed by atoms with Gasteiger partial charge < -0.3 is 10.1 Å². The number of hydrogen-bond acceptors (Lipinski definition) is 2. The van der Waals surface area contributed by atoms with Gasteiger partial charge in [0, 0.05) is 12.6 Å². The molecule has 18 heavy (non-hydrogen) atoms. The highest BCUT2D eigenvalue weighted by molar-refractivity contribution is 4.89. The summed E-state index contributed by atoms with van der Waals surface area (Å²) < 4.78 is 6.23. The Morgan fingerprint density at radius 3 is 2.61 bits per heavy atom. The molecular formula is C16H31NO. The number of rotatable bonds is 6. The van der Waals surface area contributed by atoms with Crippen molar-refractivity contribution in [1.29, 1.82) is 0 Å². The van der Waals surface area contributed by atoms with Crippen LogP contribution in [0, 0.1) is 11.3 Å². The molecule has 2 fully saturated rings. The minimum Gasteiger partial charge on any atom is -0.377 e. The number of nitrogens with one attached hydrogen (secondary N) is 1. The summed E-state index contributed by atoms with van der Waals surface area (Å²) in [5, 5.41) is 3.61.